The molecule has 1 amide bonds. The van der Waals surface area contributed by atoms with Crippen molar-refractivity contribution in [3.63, 3.8) is 0 Å². The van der Waals surface area contributed by atoms with Gasteiger partial charge in [0.2, 0.25) is 15.9 Å². The van der Waals surface area contributed by atoms with Gasteiger partial charge in [-0.2, -0.15) is 9.57 Å². The van der Waals surface area contributed by atoms with Crippen molar-refractivity contribution in [2.24, 2.45) is 0 Å². The Kier molecular flexibility index (Phi) is 7.83. The number of hydrogen-bond donors (Lipinski definition) is 0. The number of carbonyl (C=O) groups excluding carboxylic acids is 1. The molecule has 1 fully saturated rings. The number of anilines is 1. The van der Waals surface area contributed by atoms with Crippen LogP contribution in [-0.2, 0) is 21.4 Å². The molecule has 1 aromatic carbocycles. The van der Waals surface area contributed by atoms with Crippen molar-refractivity contribution in [3.05, 3.63) is 71.2 Å². The molecule has 1 saturated heterocycles. The lowest BCUT2D eigenvalue weighted by atomic mass is 10.1. The molecule has 0 spiro atoms. The van der Waals surface area contributed by atoms with Crippen LogP contribution in [0.4, 0.5) is 5.82 Å². The molecule has 10 nitrogen and oxygen atoms in total. The minimum atomic E-state index is -3.91. The van der Waals surface area contributed by atoms with Gasteiger partial charge in [0, 0.05) is 63.8 Å². The van der Waals surface area contributed by atoms with E-state index in [1.807, 2.05) is 32.7 Å². The summed E-state index contributed by atoms with van der Waals surface area (Å²) in [4.78, 5) is 22.3. The van der Waals surface area contributed by atoms with Gasteiger partial charge in [-0.3, -0.25) is 4.79 Å². The Balaban J connectivity index is 1.39. The van der Waals surface area contributed by atoms with Crippen molar-refractivity contribution in [1.82, 2.24) is 18.8 Å². The molecule has 2 aliphatic rings. The number of sulfonamides is 1. The van der Waals surface area contributed by atoms with E-state index >= 15 is 0 Å². The summed E-state index contributed by atoms with van der Waals surface area (Å²) in [7, 11) is -2.35. The summed E-state index contributed by atoms with van der Waals surface area (Å²) in [6.07, 6.45) is 4.37. The molecule has 0 bridgehead atoms. The van der Waals surface area contributed by atoms with E-state index in [1.54, 1.807) is 51.4 Å². The second-order valence-corrected chi connectivity index (χ2v) is 12.1. The molecule has 3 aromatic rings. The number of ether oxygens (including phenoxy) is 1. The zero-order chi connectivity index (χ0) is 28.4. The van der Waals surface area contributed by atoms with Crippen LogP contribution >= 0.6 is 0 Å². The summed E-state index contributed by atoms with van der Waals surface area (Å²) in [5.41, 5.74) is 2.55. The van der Waals surface area contributed by atoms with Crippen LogP contribution in [0.25, 0.3) is 0 Å². The molecule has 1 unspecified atom stereocenters. The number of nitriles is 1. The zero-order valence-corrected chi connectivity index (χ0v) is 23.9. The third-order valence-corrected chi connectivity index (χ3v) is 9.99. The Labute approximate surface area is 235 Å². The Hall–Kier alpha value is -3.88. The standard InChI is InChI=1S/C29H34N6O4S/c1-21-17-24(39-3)18-22(2)28(21)40(37,38)35-16-15-32-10-5-8-25(32)26(35)19-27(36)33-11-6-12-34(14-13-33)29-23(20-30)7-4-9-31-29/h4-5,7-10,17-18,26H,6,11-16,19H2,1-3H3. The van der Waals surface area contributed by atoms with Gasteiger partial charge in [0.15, 0.2) is 0 Å². The first-order valence-electron chi connectivity index (χ1n) is 13.4. The number of pyridine rings is 1. The molecule has 4 heterocycles. The molecule has 0 saturated carbocycles. The van der Waals surface area contributed by atoms with Gasteiger partial charge in [-0.05, 0) is 67.8 Å². The number of carbonyl (C=O) groups is 1. The van der Waals surface area contributed by atoms with Gasteiger partial charge in [-0.15, -0.1) is 0 Å². The first-order chi connectivity index (χ1) is 19.2. The molecule has 0 aliphatic carbocycles. The van der Waals surface area contributed by atoms with E-state index < -0.39 is 16.1 Å². The van der Waals surface area contributed by atoms with E-state index in [0.717, 1.165) is 12.1 Å². The lowest BCUT2D eigenvalue weighted by molar-refractivity contribution is -0.132. The molecule has 2 aliphatic heterocycles. The first kappa shape index (κ1) is 27.7. The van der Waals surface area contributed by atoms with E-state index in [1.165, 1.54) is 4.31 Å². The van der Waals surface area contributed by atoms with Gasteiger partial charge in [-0.25, -0.2) is 13.4 Å². The van der Waals surface area contributed by atoms with E-state index in [4.69, 9.17) is 4.74 Å². The van der Waals surface area contributed by atoms with Crippen LogP contribution in [-0.4, -0.2) is 72.9 Å². The Morgan fingerprint density at radius 3 is 2.58 bits per heavy atom. The van der Waals surface area contributed by atoms with Crippen molar-refractivity contribution >= 4 is 21.7 Å². The van der Waals surface area contributed by atoms with Gasteiger partial charge in [0.05, 0.1) is 23.6 Å². The predicted molar refractivity (Wildman–Crippen MR) is 151 cm³/mol. The zero-order valence-electron chi connectivity index (χ0n) is 23.1. The monoisotopic (exact) mass is 562 g/mol. The summed E-state index contributed by atoms with van der Waals surface area (Å²) in [5.74, 6) is 1.15. The van der Waals surface area contributed by atoms with Crippen LogP contribution in [0.15, 0.2) is 53.7 Å². The molecular formula is C29H34N6O4S. The van der Waals surface area contributed by atoms with Crippen molar-refractivity contribution in [2.75, 3.05) is 44.7 Å². The number of hydrogen-bond acceptors (Lipinski definition) is 7. The van der Waals surface area contributed by atoms with Gasteiger partial charge in [0.25, 0.3) is 0 Å². The lowest BCUT2D eigenvalue weighted by Gasteiger charge is -2.37. The number of methoxy groups -OCH3 is 1. The molecule has 5 rings (SSSR count). The van der Waals surface area contributed by atoms with Crippen molar-refractivity contribution < 1.29 is 17.9 Å². The molecule has 0 N–H and O–H groups in total. The number of fused-ring (bicyclic) bond motifs is 1. The fourth-order valence-corrected chi connectivity index (χ4v) is 7.90. The lowest BCUT2D eigenvalue weighted by Crippen LogP contribution is -2.45. The van der Waals surface area contributed by atoms with Crippen LogP contribution < -0.4 is 9.64 Å². The second-order valence-electron chi connectivity index (χ2n) is 10.3. The van der Waals surface area contributed by atoms with Crippen molar-refractivity contribution in [2.45, 2.75) is 44.2 Å². The van der Waals surface area contributed by atoms with Crippen LogP contribution in [0, 0.1) is 25.2 Å². The van der Waals surface area contributed by atoms with Crippen LogP contribution in [0.3, 0.4) is 0 Å². The molecule has 40 heavy (non-hydrogen) atoms. The largest absolute Gasteiger partial charge is 0.497 e. The van der Waals surface area contributed by atoms with E-state index in [-0.39, 0.29) is 23.8 Å². The second kappa shape index (κ2) is 11.3. The van der Waals surface area contributed by atoms with Crippen LogP contribution in [0.1, 0.15) is 41.3 Å². The summed E-state index contributed by atoms with van der Waals surface area (Å²) < 4.78 is 37.2. The minimum Gasteiger partial charge on any atom is -0.497 e. The highest BCUT2D eigenvalue weighted by atomic mass is 32.2. The Morgan fingerprint density at radius 1 is 1.07 bits per heavy atom. The van der Waals surface area contributed by atoms with E-state index in [0.29, 0.717) is 61.0 Å². The van der Waals surface area contributed by atoms with Gasteiger partial charge < -0.3 is 19.1 Å². The summed E-state index contributed by atoms with van der Waals surface area (Å²) >= 11 is 0. The maximum absolute atomic E-state index is 14.2. The number of aryl methyl sites for hydroxylation is 2. The average Bonchev–Trinajstić information content (AvgIpc) is 3.29. The number of amides is 1. The third kappa shape index (κ3) is 5.17. The predicted octanol–water partition coefficient (Wildman–Crippen LogP) is 3.25. The minimum absolute atomic E-state index is 0.0462. The van der Waals surface area contributed by atoms with Crippen molar-refractivity contribution in [1.29, 1.82) is 5.26 Å². The SMILES string of the molecule is COc1cc(C)c(S(=O)(=O)N2CCn3cccc3C2CC(=O)N2CCCN(c3ncccc3C#N)CC2)c(C)c1. The number of aromatic nitrogens is 2. The van der Waals surface area contributed by atoms with Gasteiger partial charge in [-0.1, -0.05) is 0 Å². The fraction of sp³-hybridized carbons (Fsp3) is 0.414. The number of nitrogens with zero attached hydrogens (tertiary/aromatic N) is 6. The highest BCUT2D eigenvalue weighted by Crippen LogP contribution is 2.37. The molecule has 210 valence electrons. The van der Waals surface area contributed by atoms with Crippen LogP contribution in [0.2, 0.25) is 0 Å². The highest BCUT2D eigenvalue weighted by Gasteiger charge is 2.40. The van der Waals surface area contributed by atoms with E-state index in [9.17, 15) is 18.5 Å². The normalized spacial score (nSPS) is 18.1. The van der Waals surface area contributed by atoms with Gasteiger partial charge in [0.1, 0.15) is 17.6 Å². The smallest absolute Gasteiger partial charge is 0.244 e. The molecule has 1 atom stereocenters. The number of benzene rings is 1. The quantitative estimate of drug-likeness (QED) is 0.453. The molecule has 0 radical (unpaired) electrons. The fourth-order valence-electron chi connectivity index (χ4n) is 5.90. The average molecular weight is 563 g/mol. The number of rotatable bonds is 6. The maximum Gasteiger partial charge on any atom is 0.244 e. The van der Waals surface area contributed by atoms with Crippen LogP contribution in [0.5, 0.6) is 5.75 Å². The molecular weight excluding hydrogens is 528 g/mol. The summed E-state index contributed by atoms with van der Waals surface area (Å²) in [5, 5.41) is 9.49. The first-order valence-corrected chi connectivity index (χ1v) is 14.9. The summed E-state index contributed by atoms with van der Waals surface area (Å²) in [6, 6.07) is 12.3. The van der Waals surface area contributed by atoms with Crippen molar-refractivity contribution in [3.8, 4) is 11.8 Å². The topological polar surface area (TPSA) is 112 Å². The third-order valence-electron chi connectivity index (χ3n) is 7.77. The molecule has 2 aromatic heterocycles. The summed E-state index contributed by atoms with van der Waals surface area (Å²) in [6.45, 7) is 6.60. The Bertz CT molecular complexity index is 1540. The maximum atomic E-state index is 14.2. The van der Waals surface area contributed by atoms with E-state index in [2.05, 4.69) is 11.1 Å². The Morgan fingerprint density at radius 2 is 1.85 bits per heavy atom. The van der Waals surface area contributed by atoms with Gasteiger partial charge >= 0.3 is 0 Å². The highest BCUT2D eigenvalue weighted by molar-refractivity contribution is 7.89. The molecule has 11 heteroatoms.